The van der Waals surface area contributed by atoms with Crippen molar-refractivity contribution in [2.24, 2.45) is 0 Å². The lowest BCUT2D eigenvalue weighted by atomic mass is 9.91. The maximum atomic E-state index is 10.7. The van der Waals surface area contributed by atoms with Crippen LogP contribution in [0.1, 0.15) is 33.6 Å². The highest BCUT2D eigenvalue weighted by Gasteiger charge is 2.47. The number of hydrogen-bond acceptors (Lipinski definition) is 7. The van der Waals surface area contributed by atoms with E-state index in [1.54, 1.807) is 20.8 Å². The van der Waals surface area contributed by atoms with E-state index in [4.69, 9.17) is 9.11 Å². The third-order valence-corrected chi connectivity index (χ3v) is 4.29. The highest BCUT2D eigenvalue weighted by atomic mass is 32.3. The van der Waals surface area contributed by atoms with E-state index in [9.17, 15) is 26.4 Å². The van der Waals surface area contributed by atoms with E-state index in [1.165, 1.54) is 0 Å². The van der Waals surface area contributed by atoms with Crippen molar-refractivity contribution in [3.8, 4) is 0 Å². The number of amides is 2. The molecule has 2 heterocycles. The van der Waals surface area contributed by atoms with Crippen LogP contribution >= 0.6 is 0 Å². The molecule has 128 valence electrons. The molecule has 1 atom stereocenters. The molecule has 0 radical (unpaired) electrons. The summed E-state index contributed by atoms with van der Waals surface area (Å²) in [5.41, 5.74) is -0.660. The zero-order valence-electron chi connectivity index (χ0n) is 12.0. The van der Waals surface area contributed by atoms with Gasteiger partial charge < -0.3 is 0 Å². The molecule has 2 saturated heterocycles. The van der Waals surface area contributed by atoms with Crippen LogP contribution in [-0.4, -0.2) is 58.7 Å². The largest absolute Gasteiger partial charge is 0.418 e. The normalized spacial score (nSPS) is 24.1. The zero-order chi connectivity index (χ0) is 17.5. The monoisotopic (exact) mass is 360 g/mol. The average Bonchev–Trinajstić information content (AvgIpc) is 2.22. The van der Waals surface area contributed by atoms with Crippen LogP contribution in [0.4, 0.5) is 0 Å². The molecular weight excluding hydrogens is 344 g/mol. The molecule has 2 N–H and O–H groups in total. The Balaban J connectivity index is 0.000000224. The van der Waals surface area contributed by atoms with Crippen LogP contribution in [0.5, 0.6) is 0 Å². The smallest absolute Gasteiger partial charge is 0.274 e. The molecule has 2 amide bonds. The maximum absolute atomic E-state index is 10.7. The van der Waals surface area contributed by atoms with E-state index in [2.05, 4.69) is 4.28 Å². The summed E-state index contributed by atoms with van der Waals surface area (Å²) >= 11 is 0. The van der Waals surface area contributed by atoms with Crippen LogP contribution in [0.15, 0.2) is 0 Å². The first-order valence-electron chi connectivity index (χ1n) is 5.95. The topological polar surface area (TPSA) is 159 Å². The molecule has 2 aliphatic rings. The Morgan fingerprint density at radius 1 is 1.14 bits per heavy atom. The Bertz CT molecular complexity index is 682. The van der Waals surface area contributed by atoms with Gasteiger partial charge >= 0.3 is 20.7 Å². The summed E-state index contributed by atoms with van der Waals surface area (Å²) in [5, 5.41) is 0.641. The molecular formula is C9H16N2O9S2. The molecule has 0 aromatic heterocycles. The van der Waals surface area contributed by atoms with E-state index in [0.717, 1.165) is 0 Å². The molecule has 2 aliphatic heterocycles. The lowest BCUT2D eigenvalue weighted by Crippen LogP contribution is -2.60. The fourth-order valence-corrected chi connectivity index (χ4v) is 3.25. The third-order valence-electron chi connectivity index (χ3n) is 2.89. The van der Waals surface area contributed by atoms with Crippen molar-refractivity contribution in [2.75, 3.05) is 0 Å². The molecule has 0 saturated carbocycles. The van der Waals surface area contributed by atoms with E-state index < -0.39 is 38.1 Å². The van der Waals surface area contributed by atoms with E-state index in [0.29, 0.717) is 9.37 Å². The Morgan fingerprint density at radius 2 is 1.64 bits per heavy atom. The molecule has 1 unspecified atom stereocenters. The molecule has 2 fully saturated rings. The van der Waals surface area contributed by atoms with Gasteiger partial charge in [-0.15, -0.1) is 4.28 Å². The van der Waals surface area contributed by atoms with Gasteiger partial charge in [-0.05, 0) is 20.8 Å². The van der Waals surface area contributed by atoms with Crippen molar-refractivity contribution in [1.82, 2.24) is 9.37 Å². The van der Waals surface area contributed by atoms with Crippen LogP contribution in [0.2, 0.25) is 0 Å². The molecule has 0 bridgehead atoms. The van der Waals surface area contributed by atoms with Gasteiger partial charge in [-0.1, -0.05) is 0 Å². The molecule has 0 spiro atoms. The van der Waals surface area contributed by atoms with Crippen molar-refractivity contribution >= 4 is 32.5 Å². The predicted octanol–water partition coefficient (Wildman–Crippen LogP) is -0.858. The van der Waals surface area contributed by atoms with E-state index in [1.807, 2.05) is 0 Å². The second-order valence-corrected chi connectivity index (χ2v) is 7.69. The number of rotatable bonds is 3. The van der Waals surface area contributed by atoms with Crippen molar-refractivity contribution < 1.29 is 39.8 Å². The number of hydroxylamine groups is 2. The van der Waals surface area contributed by atoms with Gasteiger partial charge in [0.15, 0.2) is 0 Å². The first-order valence-corrected chi connectivity index (χ1v) is 8.71. The summed E-state index contributed by atoms with van der Waals surface area (Å²) in [6.07, 6.45) is 0.405. The Hall–Kier alpha value is -1.28. The minimum absolute atomic E-state index is 0.194. The molecule has 11 nitrogen and oxygen atoms in total. The molecule has 0 aliphatic carbocycles. The first kappa shape index (κ1) is 18.8. The van der Waals surface area contributed by atoms with Gasteiger partial charge in [-0.25, -0.2) is 4.31 Å². The Morgan fingerprint density at radius 3 is 1.77 bits per heavy atom. The van der Waals surface area contributed by atoms with Gasteiger partial charge in [0.05, 0.1) is 18.0 Å². The van der Waals surface area contributed by atoms with Crippen molar-refractivity contribution in [3.05, 3.63) is 0 Å². The van der Waals surface area contributed by atoms with Crippen molar-refractivity contribution in [2.45, 2.75) is 45.2 Å². The minimum atomic E-state index is -4.58. The molecule has 13 heteroatoms. The van der Waals surface area contributed by atoms with E-state index >= 15 is 0 Å². The Kier molecular flexibility index (Phi) is 4.89. The van der Waals surface area contributed by atoms with Crippen LogP contribution in [-0.2, 0) is 34.6 Å². The highest BCUT2D eigenvalue weighted by molar-refractivity contribution is 7.84. The number of carbonyl (C=O) groups is 2. The zero-order valence-corrected chi connectivity index (χ0v) is 13.6. The van der Waals surface area contributed by atoms with Gasteiger partial charge in [0, 0.05) is 6.42 Å². The van der Waals surface area contributed by atoms with Gasteiger partial charge in [0.25, 0.3) is 0 Å². The second-order valence-electron chi connectivity index (χ2n) is 5.40. The number of carbonyl (C=O) groups excluding carboxylic acids is 2. The van der Waals surface area contributed by atoms with Gasteiger partial charge in [0.1, 0.15) is 0 Å². The van der Waals surface area contributed by atoms with Crippen molar-refractivity contribution in [1.29, 1.82) is 0 Å². The van der Waals surface area contributed by atoms with Crippen LogP contribution in [0.3, 0.4) is 0 Å². The summed E-state index contributed by atoms with van der Waals surface area (Å²) in [6, 6.07) is -0.387. The summed E-state index contributed by atoms with van der Waals surface area (Å²) in [6.45, 7) is 4.80. The summed E-state index contributed by atoms with van der Waals surface area (Å²) in [5.74, 6) is -1.01. The lowest BCUT2D eigenvalue weighted by molar-refractivity contribution is -0.208. The maximum Gasteiger partial charge on any atom is 0.418 e. The summed E-state index contributed by atoms with van der Waals surface area (Å²) in [4.78, 5) is 21.2. The second kappa shape index (κ2) is 5.73. The predicted molar refractivity (Wildman–Crippen MR) is 70.6 cm³/mol. The molecule has 0 aromatic rings. The standard InChI is InChI=1S/C5H9NO5S.C4H7NO4S/c1-5(2)3-4(7)6(5)11-12(8,9)10;1-3-2-4(6)5(3)10(7,8)9/h3H2,1-2H3,(H,8,9,10);3H,2H2,1H3,(H,7,8,9). The third kappa shape index (κ3) is 4.36. The highest BCUT2D eigenvalue weighted by Crippen LogP contribution is 2.31. The van der Waals surface area contributed by atoms with Crippen LogP contribution in [0.25, 0.3) is 0 Å². The van der Waals surface area contributed by atoms with Gasteiger partial charge in [0.2, 0.25) is 11.8 Å². The molecule has 0 aromatic carbocycles. The van der Waals surface area contributed by atoms with Crippen LogP contribution < -0.4 is 0 Å². The minimum Gasteiger partial charge on any atom is -0.274 e. The van der Waals surface area contributed by atoms with Gasteiger partial charge in [-0.2, -0.15) is 21.9 Å². The molecule has 22 heavy (non-hydrogen) atoms. The number of hydrogen-bond donors (Lipinski definition) is 2. The fourth-order valence-electron chi connectivity index (χ4n) is 1.91. The summed E-state index contributed by atoms with van der Waals surface area (Å²) in [7, 11) is -8.86. The Labute approximate surface area is 127 Å². The summed E-state index contributed by atoms with van der Waals surface area (Å²) < 4.78 is 62.1. The lowest BCUT2D eigenvalue weighted by Gasteiger charge is -2.43. The fraction of sp³-hybridized carbons (Fsp3) is 0.778. The number of nitrogens with zero attached hydrogens (tertiary/aromatic N) is 2. The SMILES string of the molecule is CC1(C)CC(=O)N1OS(=O)(=O)O.CC1CC(=O)N1S(=O)(=O)O. The first-order chi connectivity index (χ1) is 9.65. The van der Waals surface area contributed by atoms with E-state index in [-0.39, 0.29) is 18.9 Å². The average molecular weight is 360 g/mol. The van der Waals surface area contributed by atoms with Crippen molar-refractivity contribution in [3.63, 3.8) is 0 Å². The quantitative estimate of drug-likeness (QED) is 0.482. The van der Waals surface area contributed by atoms with Gasteiger partial charge in [-0.3, -0.25) is 18.7 Å². The molecule has 2 rings (SSSR count). The number of β-lactam (4-membered cyclic amide) rings is 2. The van der Waals surface area contributed by atoms with Crippen LogP contribution in [0, 0.1) is 0 Å².